The van der Waals surface area contributed by atoms with Crippen LogP contribution in [0.5, 0.6) is 5.88 Å². The Morgan fingerprint density at radius 3 is 2.44 bits per heavy atom. The van der Waals surface area contributed by atoms with E-state index in [1.807, 2.05) is 6.07 Å². The molecule has 6 heteroatoms. The van der Waals surface area contributed by atoms with Gasteiger partial charge in [-0.1, -0.05) is 12.8 Å². The number of nitriles is 1. The maximum absolute atomic E-state index is 13.1. The predicted octanol–water partition coefficient (Wildman–Crippen LogP) is 3.22. The van der Waals surface area contributed by atoms with Crippen LogP contribution in [0.1, 0.15) is 58.8 Å². The molecule has 128 valence electrons. The number of carbonyl (C=O) groups excluding carboxylic acids is 1. The number of carbonyl (C=O) groups is 1. The molecule has 1 N–H and O–H groups in total. The van der Waals surface area contributed by atoms with Crippen molar-refractivity contribution in [3.8, 4) is 11.9 Å². The van der Waals surface area contributed by atoms with E-state index in [1.54, 1.807) is 0 Å². The summed E-state index contributed by atoms with van der Waals surface area (Å²) < 4.78 is 14.3. The molecule has 0 spiro atoms. The number of rotatable bonds is 3. The van der Waals surface area contributed by atoms with Crippen LogP contribution < -0.4 is 5.56 Å². The summed E-state index contributed by atoms with van der Waals surface area (Å²) >= 11 is 0. The Morgan fingerprint density at radius 2 is 1.88 bits per heavy atom. The highest BCUT2D eigenvalue weighted by molar-refractivity contribution is 6.11. The zero-order valence-electron chi connectivity index (χ0n) is 13.8. The zero-order chi connectivity index (χ0) is 18.1. The van der Waals surface area contributed by atoms with Crippen LogP contribution in [0.15, 0.2) is 29.1 Å². The van der Waals surface area contributed by atoms with Gasteiger partial charge in [-0.25, -0.2) is 4.39 Å². The number of aromatic hydroxyl groups is 1. The van der Waals surface area contributed by atoms with Gasteiger partial charge in [0.1, 0.15) is 17.4 Å². The molecule has 1 aliphatic rings. The van der Waals surface area contributed by atoms with Crippen molar-refractivity contribution in [3.63, 3.8) is 0 Å². The number of ketones is 1. The fourth-order valence-corrected chi connectivity index (χ4v) is 3.44. The van der Waals surface area contributed by atoms with Crippen molar-refractivity contribution in [2.24, 2.45) is 0 Å². The molecule has 0 unspecified atom stereocenters. The van der Waals surface area contributed by atoms with E-state index in [0.717, 1.165) is 25.0 Å². The van der Waals surface area contributed by atoms with Gasteiger partial charge in [0.25, 0.3) is 5.56 Å². The zero-order valence-corrected chi connectivity index (χ0v) is 13.8. The second-order valence-corrected chi connectivity index (χ2v) is 6.26. The number of aromatic nitrogens is 1. The molecule has 1 aromatic heterocycles. The van der Waals surface area contributed by atoms with Crippen molar-refractivity contribution >= 4 is 5.78 Å². The number of benzene rings is 1. The molecule has 1 aliphatic carbocycles. The van der Waals surface area contributed by atoms with Crippen molar-refractivity contribution in [1.82, 2.24) is 4.57 Å². The summed E-state index contributed by atoms with van der Waals surface area (Å²) in [6.45, 7) is 1.47. The summed E-state index contributed by atoms with van der Waals surface area (Å²) in [5.41, 5.74) is -0.459. The largest absolute Gasteiger partial charge is 0.494 e. The van der Waals surface area contributed by atoms with E-state index < -0.39 is 23.0 Å². The molecule has 0 saturated heterocycles. The number of hydrogen-bond donors (Lipinski definition) is 1. The Hall–Kier alpha value is -2.94. The van der Waals surface area contributed by atoms with Crippen LogP contribution in [-0.2, 0) is 0 Å². The second kappa shape index (κ2) is 6.52. The molecule has 25 heavy (non-hydrogen) atoms. The molecule has 0 radical (unpaired) electrons. The second-order valence-electron chi connectivity index (χ2n) is 6.26. The highest BCUT2D eigenvalue weighted by atomic mass is 19.1. The van der Waals surface area contributed by atoms with Gasteiger partial charge in [0.15, 0.2) is 5.78 Å². The van der Waals surface area contributed by atoms with Crippen LogP contribution >= 0.6 is 0 Å². The van der Waals surface area contributed by atoms with Gasteiger partial charge in [-0.2, -0.15) is 5.26 Å². The van der Waals surface area contributed by atoms with E-state index in [4.69, 9.17) is 0 Å². The minimum atomic E-state index is -0.569. The van der Waals surface area contributed by atoms with Gasteiger partial charge < -0.3 is 5.11 Å². The van der Waals surface area contributed by atoms with Gasteiger partial charge in [0, 0.05) is 11.6 Å². The number of pyridine rings is 1. The lowest BCUT2D eigenvalue weighted by molar-refractivity contribution is 0.103. The molecule has 0 atom stereocenters. The van der Waals surface area contributed by atoms with Gasteiger partial charge in [-0.3, -0.25) is 14.2 Å². The minimum absolute atomic E-state index is 0.0744. The van der Waals surface area contributed by atoms with Crippen molar-refractivity contribution in [2.45, 2.75) is 38.6 Å². The first-order valence-electron chi connectivity index (χ1n) is 8.14. The Bertz CT molecular complexity index is 933. The summed E-state index contributed by atoms with van der Waals surface area (Å²) in [5, 5.41) is 20.0. The van der Waals surface area contributed by atoms with Gasteiger partial charge in [0.05, 0.1) is 5.56 Å². The quantitative estimate of drug-likeness (QED) is 0.870. The number of nitrogens with zero attached hydrogens (tertiary/aromatic N) is 2. The first-order chi connectivity index (χ1) is 12.0. The maximum Gasteiger partial charge on any atom is 0.271 e. The average Bonchev–Trinajstić information content (AvgIpc) is 3.10. The Labute approximate surface area is 144 Å². The smallest absolute Gasteiger partial charge is 0.271 e. The molecule has 0 aliphatic heterocycles. The summed E-state index contributed by atoms with van der Waals surface area (Å²) in [6, 6.07) is 6.56. The van der Waals surface area contributed by atoms with Crippen molar-refractivity contribution < 1.29 is 14.3 Å². The Kier molecular flexibility index (Phi) is 4.41. The Balaban J connectivity index is 2.24. The molecule has 0 amide bonds. The molecule has 1 fully saturated rings. The molecule has 2 aromatic rings. The van der Waals surface area contributed by atoms with Crippen LogP contribution in [0.25, 0.3) is 0 Å². The summed E-state index contributed by atoms with van der Waals surface area (Å²) in [6.07, 6.45) is 3.28. The monoisotopic (exact) mass is 340 g/mol. The van der Waals surface area contributed by atoms with E-state index in [1.165, 1.54) is 23.6 Å². The van der Waals surface area contributed by atoms with Crippen LogP contribution in [-0.4, -0.2) is 15.5 Å². The van der Waals surface area contributed by atoms with Crippen LogP contribution in [0.4, 0.5) is 4.39 Å². The van der Waals surface area contributed by atoms with Crippen LogP contribution in [0, 0.1) is 24.1 Å². The normalized spacial score (nSPS) is 14.4. The van der Waals surface area contributed by atoms with E-state index in [0.29, 0.717) is 12.8 Å². The predicted molar refractivity (Wildman–Crippen MR) is 89.2 cm³/mol. The van der Waals surface area contributed by atoms with Crippen LogP contribution in [0.3, 0.4) is 0 Å². The Morgan fingerprint density at radius 1 is 1.28 bits per heavy atom. The summed E-state index contributed by atoms with van der Waals surface area (Å²) in [4.78, 5) is 25.4. The third kappa shape index (κ3) is 2.82. The fraction of sp³-hybridized carbons (Fsp3) is 0.316. The molecule has 0 bridgehead atoms. The summed E-state index contributed by atoms with van der Waals surface area (Å²) in [7, 11) is 0. The minimum Gasteiger partial charge on any atom is -0.494 e. The van der Waals surface area contributed by atoms with Crippen LogP contribution in [0.2, 0.25) is 0 Å². The fourth-order valence-electron chi connectivity index (χ4n) is 3.44. The molecular formula is C19H17FN2O3. The molecule has 1 saturated carbocycles. The summed E-state index contributed by atoms with van der Waals surface area (Å²) in [5.74, 6) is -1.44. The van der Waals surface area contributed by atoms with E-state index in [2.05, 4.69) is 0 Å². The lowest BCUT2D eigenvalue weighted by Crippen LogP contribution is -2.29. The maximum atomic E-state index is 13.1. The first-order valence-corrected chi connectivity index (χ1v) is 8.14. The highest BCUT2D eigenvalue weighted by Crippen LogP contribution is 2.34. The molecule has 1 heterocycles. The van der Waals surface area contributed by atoms with E-state index >= 15 is 0 Å². The molecule has 5 nitrogen and oxygen atoms in total. The number of hydrogen-bond acceptors (Lipinski definition) is 4. The third-order valence-electron chi connectivity index (χ3n) is 4.77. The first kappa shape index (κ1) is 16.9. The van der Waals surface area contributed by atoms with Crippen molar-refractivity contribution in [3.05, 3.63) is 62.7 Å². The van der Waals surface area contributed by atoms with Gasteiger partial charge in [-0.05, 0) is 49.6 Å². The lowest BCUT2D eigenvalue weighted by Gasteiger charge is -2.20. The SMILES string of the molecule is Cc1c(C(=O)c2ccc(F)cc2)c(O)n(C2CCCC2)c(=O)c1C#N. The van der Waals surface area contributed by atoms with Gasteiger partial charge in [-0.15, -0.1) is 0 Å². The standard InChI is InChI=1S/C19H17FN2O3/c1-11-15(10-21)18(24)22(14-4-2-3-5-14)19(25)16(11)17(23)12-6-8-13(20)9-7-12/h6-9,14,25H,2-5H2,1H3. The average molecular weight is 340 g/mol. The van der Waals surface area contributed by atoms with Crippen molar-refractivity contribution in [2.75, 3.05) is 0 Å². The van der Waals surface area contributed by atoms with Gasteiger partial charge in [0.2, 0.25) is 5.88 Å². The molecule has 1 aromatic carbocycles. The molecule has 3 rings (SSSR count). The topological polar surface area (TPSA) is 83.1 Å². The highest BCUT2D eigenvalue weighted by Gasteiger charge is 2.29. The van der Waals surface area contributed by atoms with Crippen molar-refractivity contribution in [1.29, 1.82) is 5.26 Å². The van der Waals surface area contributed by atoms with E-state index in [-0.39, 0.29) is 28.3 Å². The van der Waals surface area contributed by atoms with E-state index in [9.17, 15) is 24.3 Å². The lowest BCUT2D eigenvalue weighted by atomic mass is 9.96. The van der Waals surface area contributed by atoms with Gasteiger partial charge >= 0.3 is 0 Å². The molecular weight excluding hydrogens is 323 g/mol. The third-order valence-corrected chi connectivity index (χ3v) is 4.77. The number of halogens is 1.